The molecular formula is C25H21N. The van der Waals surface area contributed by atoms with E-state index in [2.05, 4.69) is 93.6 Å². The van der Waals surface area contributed by atoms with E-state index in [4.69, 9.17) is 4.98 Å². The first kappa shape index (κ1) is 15.3. The molecule has 1 aliphatic carbocycles. The van der Waals surface area contributed by atoms with E-state index >= 15 is 0 Å². The maximum Gasteiger partial charge on any atom is 0.0713 e. The Kier molecular flexibility index (Phi) is 3.12. The van der Waals surface area contributed by atoms with Crippen LogP contribution in [0, 0.1) is 6.92 Å². The summed E-state index contributed by atoms with van der Waals surface area (Å²) in [5.41, 5.74) is 10.1. The lowest BCUT2D eigenvalue weighted by Gasteiger charge is -2.21. The van der Waals surface area contributed by atoms with Crippen molar-refractivity contribution in [2.75, 3.05) is 0 Å². The Hall–Kier alpha value is -2.93. The maximum atomic E-state index is 5.01. The van der Waals surface area contributed by atoms with E-state index in [9.17, 15) is 0 Å². The largest absolute Gasteiger partial charge is 0.248 e. The number of hydrogen-bond donors (Lipinski definition) is 0. The number of aromatic nitrogens is 1. The second-order valence-corrected chi connectivity index (χ2v) is 7.77. The van der Waals surface area contributed by atoms with Gasteiger partial charge in [0, 0.05) is 16.4 Å². The van der Waals surface area contributed by atoms with Gasteiger partial charge in [-0.25, -0.2) is 4.98 Å². The van der Waals surface area contributed by atoms with Crippen LogP contribution in [0.3, 0.4) is 0 Å². The van der Waals surface area contributed by atoms with Crippen LogP contribution in [0.25, 0.3) is 33.3 Å². The van der Waals surface area contributed by atoms with Gasteiger partial charge in [0.2, 0.25) is 0 Å². The van der Waals surface area contributed by atoms with Crippen LogP contribution in [-0.2, 0) is 5.41 Å². The van der Waals surface area contributed by atoms with Gasteiger partial charge in [0.1, 0.15) is 0 Å². The molecular weight excluding hydrogens is 314 g/mol. The molecule has 0 radical (unpaired) electrons. The van der Waals surface area contributed by atoms with Crippen LogP contribution >= 0.6 is 0 Å². The molecule has 0 N–H and O–H groups in total. The van der Waals surface area contributed by atoms with Crippen LogP contribution in [-0.4, -0.2) is 4.98 Å². The highest BCUT2D eigenvalue weighted by Gasteiger charge is 2.35. The van der Waals surface area contributed by atoms with Crippen molar-refractivity contribution in [3.8, 4) is 22.4 Å². The lowest BCUT2D eigenvalue weighted by atomic mass is 9.82. The van der Waals surface area contributed by atoms with Crippen molar-refractivity contribution in [3.05, 3.63) is 89.5 Å². The van der Waals surface area contributed by atoms with Gasteiger partial charge in [0.15, 0.2) is 0 Å². The van der Waals surface area contributed by atoms with Gasteiger partial charge in [-0.2, -0.15) is 0 Å². The summed E-state index contributed by atoms with van der Waals surface area (Å²) in [4.78, 5) is 5.01. The van der Waals surface area contributed by atoms with E-state index in [0.29, 0.717) is 0 Å². The molecule has 0 fully saturated rings. The Labute approximate surface area is 154 Å². The highest BCUT2D eigenvalue weighted by atomic mass is 14.7. The van der Waals surface area contributed by atoms with Crippen LogP contribution in [0.4, 0.5) is 0 Å². The third kappa shape index (κ3) is 2.07. The van der Waals surface area contributed by atoms with Crippen molar-refractivity contribution in [3.63, 3.8) is 0 Å². The number of rotatable bonds is 1. The normalized spacial score (nSPS) is 14.3. The summed E-state index contributed by atoms with van der Waals surface area (Å²) in [6, 6.07) is 26.2. The molecule has 1 heteroatoms. The molecule has 1 aliphatic rings. The molecule has 5 rings (SSSR count). The van der Waals surface area contributed by atoms with Crippen molar-refractivity contribution in [1.29, 1.82) is 0 Å². The zero-order chi connectivity index (χ0) is 17.9. The Morgan fingerprint density at radius 1 is 0.692 bits per heavy atom. The van der Waals surface area contributed by atoms with E-state index < -0.39 is 0 Å². The fourth-order valence-electron chi connectivity index (χ4n) is 4.33. The van der Waals surface area contributed by atoms with E-state index in [1.54, 1.807) is 0 Å². The second kappa shape index (κ2) is 5.28. The van der Waals surface area contributed by atoms with E-state index in [-0.39, 0.29) is 5.41 Å². The van der Waals surface area contributed by atoms with Gasteiger partial charge in [-0.3, -0.25) is 0 Å². The SMILES string of the molecule is Cc1ccccc1-c1ccc2cc3c(cc2n1)C(C)(C)c1ccccc1-3. The summed E-state index contributed by atoms with van der Waals surface area (Å²) in [5.74, 6) is 0. The van der Waals surface area contributed by atoms with Crippen LogP contribution in [0.5, 0.6) is 0 Å². The Morgan fingerprint density at radius 3 is 2.23 bits per heavy atom. The van der Waals surface area contributed by atoms with Crippen molar-refractivity contribution in [2.45, 2.75) is 26.2 Å². The first-order valence-corrected chi connectivity index (χ1v) is 9.17. The molecule has 126 valence electrons. The summed E-state index contributed by atoms with van der Waals surface area (Å²) < 4.78 is 0. The molecule has 0 spiro atoms. The zero-order valence-corrected chi connectivity index (χ0v) is 15.4. The van der Waals surface area contributed by atoms with Gasteiger partial charge in [-0.1, -0.05) is 68.4 Å². The van der Waals surface area contributed by atoms with Crippen LogP contribution in [0.15, 0.2) is 72.8 Å². The molecule has 0 saturated heterocycles. The molecule has 0 amide bonds. The summed E-state index contributed by atoms with van der Waals surface area (Å²) in [6.07, 6.45) is 0. The fraction of sp³-hybridized carbons (Fsp3) is 0.160. The smallest absolute Gasteiger partial charge is 0.0713 e. The second-order valence-electron chi connectivity index (χ2n) is 7.77. The first-order chi connectivity index (χ1) is 12.6. The lowest BCUT2D eigenvalue weighted by Crippen LogP contribution is -2.14. The fourth-order valence-corrected chi connectivity index (χ4v) is 4.33. The molecule has 0 unspecified atom stereocenters. The van der Waals surface area contributed by atoms with Gasteiger partial charge in [-0.15, -0.1) is 0 Å². The molecule has 0 saturated carbocycles. The summed E-state index contributed by atoms with van der Waals surface area (Å²) in [6.45, 7) is 6.77. The highest BCUT2D eigenvalue weighted by molar-refractivity contribution is 5.92. The lowest BCUT2D eigenvalue weighted by molar-refractivity contribution is 0.661. The number of fused-ring (bicyclic) bond motifs is 4. The Morgan fingerprint density at radius 2 is 1.42 bits per heavy atom. The average molecular weight is 335 g/mol. The third-order valence-electron chi connectivity index (χ3n) is 5.81. The minimum atomic E-state index is 0.0144. The van der Waals surface area contributed by atoms with Gasteiger partial charge < -0.3 is 0 Å². The van der Waals surface area contributed by atoms with E-state index in [0.717, 1.165) is 11.2 Å². The van der Waals surface area contributed by atoms with Gasteiger partial charge in [0.25, 0.3) is 0 Å². The number of nitrogens with zero attached hydrogens (tertiary/aromatic N) is 1. The topological polar surface area (TPSA) is 12.9 Å². The minimum absolute atomic E-state index is 0.0144. The van der Waals surface area contributed by atoms with Gasteiger partial charge in [0.05, 0.1) is 11.2 Å². The quantitative estimate of drug-likeness (QED) is 0.386. The van der Waals surface area contributed by atoms with Crippen LogP contribution in [0.2, 0.25) is 0 Å². The predicted molar refractivity (Wildman–Crippen MR) is 109 cm³/mol. The Balaban J connectivity index is 1.75. The monoisotopic (exact) mass is 335 g/mol. The predicted octanol–water partition coefficient (Wildman–Crippen LogP) is 6.52. The standard InChI is InChI=1S/C25H21N/c1-16-8-4-5-9-18(16)23-13-12-17-14-20-19-10-6-7-11-21(19)25(2,3)22(20)15-24(17)26-23/h4-15H,1-3H3. The number of pyridine rings is 1. The maximum absolute atomic E-state index is 5.01. The summed E-state index contributed by atoms with van der Waals surface area (Å²) in [7, 11) is 0. The minimum Gasteiger partial charge on any atom is -0.248 e. The van der Waals surface area contributed by atoms with E-state index in [1.807, 2.05) is 0 Å². The Bertz CT molecular complexity index is 1170. The van der Waals surface area contributed by atoms with Crippen LogP contribution < -0.4 is 0 Å². The van der Waals surface area contributed by atoms with Crippen molar-refractivity contribution < 1.29 is 0 Å². The average Bonchev–Trinajstić information content (AvgIpc) is 2.88. The zero-order valence-electron chi connectivity index (χ0n) is 15.4. The third-order valence-corrected chi connectivity index (χ3v) is 5.81. The first-order valence-electron chi connectivity index (χ1n) is 9.17. The highest BCUT2D eigenvalue weighted by Crippen LogP contribution is 2.49. The molecule has 1 heterocycles. The molecule has 26 heavy (non-hydrogen) atoms. The van der Waals surface area contributed by atoms with E-state index in [1.165, 1.54) is 38.8 Å². The molecule has 1 aromatic heterocycles. The van der Waals surface area contributed by atoms with Crippen molar-refractivity contribution in [2.24, 2.45) is 0 Å². The molecule has 0 bridgehead atoms. The summed E-state index contributed by atoms with van der Waals surface area (Å²) in [5, 5.41) is 1.20. The number of aryl methyl sites for hydroxylation is 1. The number of benzene rings is 3. The molecule has 4 aromatic rings. The van der Waals surface area contributed by atoms with Gasteiger partial charge >= 0.3 is 0 Å². The number of hydrogen-bond acceptors (Lipinski definition) is 1. The van der Waals surface area contributed by atoms with Crippen molar-refractivity contribution >= 4 is 10.9 Å². The van der Waals surface area contributed by atoms with Crippen molar-refractivity contribution in [1.82, 2.24) is 4.98 Å². The van der Waals surface area contributed by atoms with Crippen LogP contribution in [0.1, 0.15) is 30.5 Å². The van der Waals surface area contributed by atoms with Gasteiger partial charge in [-0.05, 0) is 52.9 Å². The molecule has 3 aromatic carbocycles. The summed E-state index contributed by atoms with van der Waals surface area (Å²) >= 11 is 0. The molecule has 0 atom stereocenters. The molecule has 0 aliphatic heterocycles. The molecule has 1 nitrogen and oxygen atoms in total.